The second-order valence-electron chi connectivity index (χ2n) is 5.64. The van der Waals surface area contributed by atoms with E-state index in [1.807, 2.05) is 25.3 Å². The molecule has 3 nitrogen and oxygen atoms in total. The molecule has 4 heteroatoms. The van der Waals surface area contributed by atoms with Crippen molar-refractivity contribution in [2.45, 2.75) is 38.8 Å². The van der Waals surface area contributed by atoms with E-state index in [4.69, 9.17) is 0 Å². The summed E-state index contributed by atoms with van der Waals surface area (Å²) in [6.45, 7) is 3.72. The predicted octanol–water partition coefficient (Wildman–Crippen LogP) is 3.65. The summed E-state index contributed by atoms with van der Waals surface area (Å²) in [5, 5.41) is 0. The van der Waals surface area contributed by atoms with Gasteiger partial charge in [-0.1, -0.05) is 18.6 Å². The van der Waals surface area contributed by atoms with Crippen molar-refractivity contribution < 1.29 is 4.39 Å². The number of rotatable bonds is 3. The first-order valence-corrected chi connectivity index (χ1v) is 7.50. The Morgan fingerprint density at radius 3 is 3.00 bits per heavy atom. The summed E-state index contributed by atoms with van der Waals surface area (Å²) in [5.74, 6) is 0.641. The third kappa shape index (κ3) is 3.45. The highest BCUT2D eigenvalue weighted by Crippen LogP contribution is 2.31. The molecule has 21 heavy (non-hydrogen) atoms. The predicted molar refractivity (Wildman–Crippen MR) is 80.2 cm³/mol. The number of hydrogen-bond acceptors (Lipinski definition) is 3. The van der Waals surface area contributed by atoms with Crippen LogP contribution in [0.3, 0.4) is 0 Å². The Bertz CT molecular complexity index is 614. The van der Waals surface area contributed by atoms with Gasteiger partial charge < -0.3 is 0 Å². The first-order valence-electron chi connectivity index (χ1n) is 7.50. The van der Waals surface area contributed by atoms with Gasteiger partial charge in [-0.2, -0.15) is 0 Å². The molecule has 2 heterocycles. The summed E-state index contributed by atoms with van der Waals surface area (Å²) < 4.78 is 13.4. The Morgan fingerprint density at radius 1 is 1.29 bits per heavy atom. The molecular formula is C17H20FN3. The summed E-state index contributed by atoms with van der Waals surface area (Å²) in [5.41, 5.74) is 2.10. The van der Waals surface area contributed by atoms with Crippen molar-refractivity contribution in [3.63, 3.8) is 0 Å². The maximum atomic E-state index is 13.4. The number of piperidine rings is 1. The van der Waals surface area contributed by atoms with Crippen molar-refractivity contribution in [1.82, 2.24) is 14.9 Å². The Morgan fingerprint density at radius 2 is 2.19 bits per heavy atom. The summed E-state index contributed by atoms with van der Waals surface area (Å²) in [4.78, 5) is 11.2. The van der Waals surface area contributed by atoms with Crippen molar-refractivity contribution in [1.29, 1.82) is 0 Å². The van der Waals surface area contributed by atoms with E-state index in [2.05, 4.69) is 14.9 Å². The Kier molecular flexibility index (Phi) is 4.25. The summed E-state index contributed by atoms with van der Waals surface area (Å²) in [7, 11) is 0. The fraction of sp³-hybridized carbons (Fsp3) is 0.412. The quantitative estimate of drug-likeness (QED) is 0.862. The van der Waals surface area contributed by atoms with Crippen LogP contribution in [-0.2, 0) is 6.54 Å². The van der Waals surface area contributed by atoms with Crippen LogP contribution in [-0.4, -0.2) is 21.4 Å². The van der Waals surface area contributed by atoms with Gasteiger partial charge >= 0.3 is 0 Å². The van der Waals surface area contributed by atoms with Gasteiger partial charge in [-0.05, 0) is 50.1 Å². The maximum absolute atomic E-state index is 13.4. The lowest BCUT2D eigenvalue weighted by Gasteiger charge is -2.35. The van der Waals surface area contributed by atoms with E-state index in [-0.39, 0.29) is 5.82 Å². The molecule has 0 aliphatic carbocycles. The van der Waals surface area contributed by atoms with Crippen LogP contribution < -0.4 is 0 Å². The maximum Gasteiger partial charge on any atom is 0.125 e. The van der Waals surface area contributed by atoms with E-state index in [0.717, 1.165) is 36.6 Å². The minimum absolute atomic E-state index is 0.168. The average Bonchev–Trinajstić information content (AvgIpc) is 2.48. The van der Waals surface area contributed by atoms with E-state index >= 15 is 0 Å². The van der Waals surface area contributed by atoms with Crippen LogP contribution in [0.5, 0.6) is 0 Å². The number of likely N-dealkylation sites (tertiary alicyclic amines) is 1. The fourth-order valence-electron chi connectivity index (χ4n) is 3.05. The van der Waals surface area contributed by atoms with Gasteiger partial charge in [-0.3, -0.25) is 4.90 Å². The number of halogens is 1. The first-order chi connectivity index (χ1) is 10.2. The third-order valence-electron chi connectivity index (χ3n) is 4.03. The van der Waals surface area contributed by atoms with E-state index in [1.165, 1.54) is 18.9 Å². The molecule has 110 valence electrons. The highest BCUT2D eigenvalue weighted by molar-refractivity contribution is 5.17. The molecule has 1 aliphatic rings. The molecule has 0 saturated carbocycles. The van der Waals surface area contributed by atoms with Crippen LogP contribution in [0, 0.1) is 12.7 Å². The van der Waals surface area contributed by atoms with Crippen LogP contribution in [0.25, 0.3) is 0 Å². The van der Waals surface area contributed by atoms with Gasteiger partial charge in [0.1, 0.15) is 11.6 Å². The second kappa shape index (κ2) is 6.31. The van der Waals surface area contributed by atoms with Gasteiger partial charge in [0.15, 0.2) is 0 Å². The molecular weight excluding hydrogens is 265 g/mol. The Hall–Kier alpha value is -1.81. The lowest BCUT2D eigenvalue weighted by atomic mass is 9.98. The van der Waals surface area contributed by atoms with Crippen molar-refractivity contribution in [3.05, 3.63) is 59.4 Å². The SMILES string of the molecule is Cc1nccc(C2CCCCN2Cc2cccc(F)c2)n1. The average molecular weight is 285 g/mol. The number of nitrogens with zero attached hydrogens (tertiary/aromatic N) is 3. The zero-order valence-corrected chi connectivity index (χ0v) is 12.3. The first kappa shape index (κ1) is 14.1. The molecule has 0 radical (unpaired) electrons. The zero-order valence-electron chi connectivity index (χ0n) is 12.3. The molecule has 1 fully saturated rings. The molecule has 1 aromatic heterocycles. The molecule has 1 saturated heterocycles. The van der Waals surface area contributed by atoms with Gasteiger partial charge in [-0.15, -0.1) is 0 Å². The van der Waals surface area contributed by atoms with Crippen LogP contribution in [0.4, 0.5) is 4.39 Å². The topological polar surface area (TPSA) is 29.0 Å². The molecule has 2 aromatic rings. The van der Waals surface area contributed by atoms with E-state index < -0.39 is 0 Å². The molecule has 0 amide bonds. The largest absolute Gasteiger partial charge is 0.291 e. The van der Waals surface area contributed by atoms with Gasteiger partial charge in [0.25, 0.3) is 0 Å². The van der Waals surface area contributed by atoms with Crippen molar-refractivity contribution in [3.8, 4) is 0 Å². The van der Waals surface area contributed by atoms with Gasteiger partial charge in [-0.25, -0.2) is 14.4 Å². The van der Waals surface area contributed by atoms with E-state index in [1.54, 1.807) is 12.1 Å². The second-order valence-corrected chi connectivity index (χ2v) is 5.64. The van der Waals surface area contributed by atoms with Gasteiger partial charge in [0.05, 0.1) is 11.7 Å². The smallest absolute Gasteiger partial charge is 0.125 e. The minimum Gasteiger partial charge on any atom is -0.291 e. The highest BCUT2D eigenvalue weighted by Gasteiger charge is 2.25. The molecule has 0 spiro atoms. The van der Waals surface area contributed by atoms with Crippen LogP contribution >= 0.6 is 0 Å². The summed E-state index contributed by atoms with van der Waals surface area (Å²) in [6, 6.07) is 9.19. The number of benzene rings is 1. The lowest BCUT2D eigenvalue weighted by molar-refractivity contribution is 0.137. The number of hydrogen-bond donors (Lipinski definition) is 0. The Labute approximate surface area is 124 Å². The molecule has 1 unspecified atom stereocenters. The van der Waals surface area contributed by atoms with Crippen LogP contribution in [0.1, 0.15) is 42.4 Å². The van der Waals surface area contributed by atoms with Crippen molar-refractivity contribution >= 4 is 0 Å². The fourth-order valence-corrected chi connectivity index (χ4v) is 3.05. The Balaban J connectivity index is 1.81. The molecule has 0 bridgehead atoms. The van der Waals surface area contributed by atoms with E-state index in [0.29, 0.717) is 6.04 Å². The highest BCUT2D eigenvalue weighted by atomic mass is 19.1. The minimum atomic E-state index is -0.168. The number of aromatic nitrogens is 2. The monoisotopic (exact) mass is 285 g/mol. The van der Waals surface area contributed by atoms with Gasteiger partial charge in [0, 0.05) is 12.7 Å². The number of aryl methyl sites for hydroxylation is 1. The van der Waals surface area contributed by atoms with Crippen molar-refractivity contribution in [2.24, 2.45) is 0 Å². The van der Waals surface area contributed by atoms with Crippen LogP contribution in [0.15, 0.2) is 36.5 Å². The zero-order chi connectivity index (χ0) is 14.7. The van der Waals surface area contributed by atoms with Gasteiger partial charge in [0.2, 0.25) is 0 Å². The van der Waals surface area contributed by atoms with Crippen molar-refractivity contribution in [2.75, 3.05) is 6.54 Å². The molecule has 1 aromatic carbocycles. The molecule has 0 N–H and O–H groups in total. The van der Waals surface area contributed by atoms with E-state index in [9.17, 15) is 4.39 Å². The molecule has 3 rings (SSSR count). The third-order valence-corrected chi connectivity index (χ3v) is 4.03. The summed E-state index contributed by atoms with van der Waals surface area (Å²) in [6.07, 6.45) is 5.33. The van der Waals surface area contributed by atoms with Crippen LogP contribution in [0.2, 0.25) is 0 Å². The summed E-state index contributed by atoms with van der Waals surface area (Å²) >= 11 is 0. The molecule has 1 atom stereocenters. The lowest BCUT2D eigenvalue weighted by Crippen LogP contribution is -2.33. The normalized spacial score (nSPS) is 19.6. The molecule has 1 aliphatic heterocycles. The standard InChI is InChI=1S/C17H20FN3/c1-13-19-9-8-16(20-13)17-7-2-3-10-21(17)12-14-5-4-6-15(18)11-14/h4-6,8-9,11,17H,2-3,7,10,12H2,1H3.